The van der Waals surface area contributed by atoms with Crippen LogP contribution < -0.4 is 15.0 Å². The van der Waals surface area contributed by atoms with Gasteiger partial charge >= 0.3 is 6.36 Å². The highest BCUT2D eigenvalue weighted by Gasteiger charge is 2.32. The summed E-state index contributed by atoms with van der Waals surface area (Å²) >= 11 is 0. The monoisotopic (exact) mass is 446 g/mol. The highest BCUT2D eigenvalue weighted by atomic mass is 19.4. The van der Waals surface area contributed by atoms with E-state index in [2.05, 4.69) is 25.2 Å². The Morgan fingerprint density at radius 3 is 2.53 bits per heavy atom. The first-order valence-electron chi connectivity index (χ1n) is 10.1. The smallest absolute Gasteiger partial charge is 0.463 e. The summed E-state index contributed by atoms with van der Waals surface area (Å²) in [5, 5.41) is 11.2. The number of furan rings is 1. The molecule has 0 aliphatic carbocycles. The molecule has 0 radical (unpaired) electrons. The second kappa shape index (κ2) is 9.29. The van der Waals surface area contributed by atoms with Crippen LogP contribution in [0.3, 0.4) is 0 Å². The molecule has 1 aromatic carbocycles. The molecule has 3 aromatic rings. The molecule has 0 bridgehead atoms. The van der Waals surface area contributed by atoms with Crippen molar-refractivity contribution in [3.8, 4) is 17.2 Å². The van der Waals surface area contributed by atoms with E-state index >= 15 is 0 Å². The quantitative estimate of drug-likeness (QED) is 0.612. The molecule has 32 heavy (non-hydrogen) atoms. The van der Waals surface area contributed by atoms with Gasteiger partial charge in [-0.15, -0.1) is 23.4 Å². The Balaban J connectivity index is 1.29. The molecule has 1 aliphatic heterocycles. The van der Waals surface area contributed by atoms with Gasteiger partial charge in [0.2, 0.25) is 5.91 Å². The van der Waals surface area contributed by atoms with Crippen molar-refractivity contribution in [3.05, 3.63) is 60.4 Å². The number of alkyl halides is 3. The summed E-state index contributed by atoms with van der Waals surface area (Å²) in [6.07, 6.45) is -2.00. The van der Waals surface area contributed by atoms with E-state index in [0.717, 1.165) is 5.82 Å². The Labute approximate surface area is 182 Å². The van der Waals surface area contributed by atoms with Crippen LogP contribution >= 0.6 is 0 Å². The number of benzene rings is 1. The summed E-state index contributed by atoms with van der Waals surface area (Å²) in [6.45, 7) is 1.21. The molecule has 4 rings (SSSR count). The number of halogens is 3. The number of amides is 1. The highest BCUT2D eigenvalue weighted by molar-refractivity contribution is 5.79. The average Bonchev–Trinajstić information content (AvgIpc) is 3.33. The van der Waals surface area contributed by atoms with Gasteiger partial charge in [0.05, 0.1) is 6.26 Å². The SMILES string of the molecule is O=C(NCc1ccccc1OC(F)(F)F)C1CCN(c2ccc(-c3ccco3)nn2)CC1. The van der Waals surface area contributed by atoms with E-state index < -0.39 is 6.36 Å². The van der Waals surface area contributed by atoms with Crippen molar-refractivity contribution >= 4 is 11.7 Å². The predicted molar refractivity (Wildman–Crippen MR) is 110 cm³/mol. The van der Waals surface area contributed by atoms with Crippen molar-refractivity contribution in [2.45, 2.75) is 25.7 Å². The van der Waals surface area contributed by atoms with E-state index in [1.165, 1.54) is 18.2 Å². The lowest BCUT2D eigenvalue weighted by Crippen LogP contribution is -2.40. The van der Waals surface area contributed by atoms with Crippen molar-refractivity contribution in [3.63, 3.8) is 0 Å². The largest absolute Gasteiger partial charge is 0.573 e. The van der Waals surface area contributed by atoms with E-state index in [0.29, 0.717) is 37.4 Å². The summed E-state index contributed by atoms with van der Waals surface area (Å²) in [5.41, 5.74) is 0.908. The normalized spacial score (nSPS) is 14.9. The number of piperidine rings is 1. The highest BCUT2D eigenvalue weighted by Crippen LogP contribution is 2.27. The Morgan fingerprint density at radius 2 is 1.88 bits per heavy atom. The third-order valence-electron chi connectivity index (χ3n) is 5.27. The number of ether oxygens (including phenoxy) is 1. The van der Waals surface area contributed by atoms with Gasteiger partial charge in [-0.1, -0.05) is 18.2 Å². The molecule has 1 fully saturated rings. The van der Waals surface area contributed by atoms with Gasteiger partial charge in [0, 0.05) is 31.1 Å². The molecule has 0 saturated carbocycles. The molecular formula is C22H21F3N4O3. The molecule has 1 saturated heterocycles. The van der Waals surface area contributed by atoms with Crippen LogP contribution in [0.5, 0.6) is 5.75 Å². The number of para-hydroxylation sites is 1. The lowest BCUT2D eigenvalue weighted by molar-refractivity contribution is -0.274. The number of hydrogen-bond acceptors (Lipinski definition) is 6. The third kappa shape index (κ3) is 5.37. The van der Waals surface area contributed by atoms with Gasteiger partial charge in [-0.2, -0.15) is 0 Å². The van der Waals surface area contributed by atoms with Gasteiger partial charge in [0.25, 0.3) is 0 Å². The minimum absolute atomic E-state index is 0.0367. The maximum Gasteiger partial charge on any atom is 0.573 e. The predicted octanol–water partition coefficient (Wildman–Crippen LogP) is 4.17. The topological polar surface area (TPSA) is 80.5 Å². The number of nitrogens with one attached hydrogen (secondary N) is 1. The van der Waals surface area contributed by atoms with Crippen molar-refractivity contribution in [1.82, 2.24) is 15.5 Å². The second-order valence-electron chi connectivity index (χ2n) is 7.39. The lowest BCUT2D eigenvalue weighted by Gasteiger charge is -2.31. The summed E-state index contributed by atoms with van der Waals surface area (Å²) in [4.78, 5) is 14.6. The first-order valence-corrected chi connectivity index (χ1v) is 10.1. The Bertz CT molecular complexity index is 1030. The van der Waals surface area contributed by atoms with Crippen LogP contribution in [0.1, 0.15) is 18.4 Å². The number of rotatable bonds is 6. The van der Waals surface area contributed by atoms with Gasteiger partial charge in [0.1, 0.15) is 11.4 Å². The maximum atomic E-state index is 12.6. The molecular weight excluding hydrogens is 425 g/mol. The Hall–Kier alpha value is -3.56. The molecule has 7 nitrogen and oxygen atoms in total. The van der Waals surface area contributed by atoms with Crippen LogP contribution in [0.4, 0.5) is 19.0 Å². The minimum atomic E-state index is -4.79. The zero-order valence-corrected chi connectivity index (χ0v) is 17.0. The summed E-state index contributed by atoms with van der Waals surface area (Å²) in [5.74, 6) is 0.633. The van der Waals surface area contributed by atoms with Crippen molar-refractivity contribution < 1.29 is 27.1 Å². The Morgan fingerprint density at radius 1 is 1.09 bits per heavy atom. The zero-order valence-electron chi connectivity index (χ0n) is 17.0. The molecule has 3 heterocycles. The van der Waals surface area contributed by atoms with Crippen molar-refractivity contribution in [1.29, 1.82) is 0 Å². The van der Waals surface area contributed by atoms with Gasteiger partial charge in [-0.25, -0.2) is 0 Å². The molecule has 0 atom stereocenters. The van der Waals surface area contributed by atoms with Crippen LogP contribution in [0.25, 0.3) is 11.5 Å². The summed E-state index contributed by atoms with van der Waals surface area (Å²) in [7, 11) is 0. The number of aromatic nitrogens is 2. The van der Waals surface area contributed by atoms with E-state index in [4.69, 9.17) is 4.42 Å². The molecule has 10 heteroatoms. The number of anilines is 1. The number of nitrogens with zero attached hydrogens (tertiary/aromatic N) is 3. The van der Waals surface area contributed by atoms with Crippen LogP contribution in [0.15, 0.2) is 59.2 Å². The number of carbonyl (C=O) groups excluding carboxylic acids is 1. The van der Waals surface area contributed by atoms with Crippen molar-refractivity contribution in [2.75, 3.05) is 18.0 Å². The second-order valence-corrected chi connectivity index (χ2v) is 7.39. The summed E-state index contributed by atoms with van der Waals surface area (Å²) in [6, 6.07) is 13.1. The molecule has 0 unspecified atom stereocenters. The maximum absolute atomic E-state index is 12.6. The van der Waals surface area contributed by atoms with E-state index in [1.807, 2.05) is 12.1 Å². The van der Waals surface area contributed by atoms with Crippen molar-refractivity contribution in [2.24, 2.45) is 5.92 Å². The molecule has 1 aliphatic rings. The van der Waals surface area contributed by atoms with Crippen LogP contribution in [0.2, 0.25) is 0 Å². The Kier molecular flexibility index (Phi) is 6.29. The van der Waals surface area contributed by atoms with E-state index in [1.54, 1.807) is 24.5 Å². The van der Waals surface area contributed by atoms with Gasteiger partial charge in [-0.05, 0) is 43.2 Å². The van der Waals surface area contributed by atoms with Gasteiger partial charge in [-0.3, -0.25) is 4.79 Å². The fourth-order valence-electron chi connectivity index (χ4n) is 3.62. The first kappa shape index (κ1) is 21.7. The van der Waals surface area contributed by atoms with Crippen LogP contribution in [-0.4, -0.2) is 35.6 Å². The molecule has 1 N–H and O–H groups in total. The van der Waals surface area contributed by atoms with E-state index in [-0.39, 0.29) is 29.7 Å². The molecule has 168 valence electrons. The fraction of sp³-hybridized carbons (Fsp3) is 0.318. The van der Waals surface area contributed by atoms with Crippen LogP contribution in [-0.2, 0) is 11.3 Å². The zero-order chi connectivity index (χ0) is 22.6. The molecule has 1 amide bonds. The van der Waals surface area contributed by atoms with Gasteiger partial charge in [0.15, 0.2) is 11.6 Å². The average molecular weight is 446 g/mol. The molecule has 2 aromatic heterocycles. The lowest BCUT2D eigenvalue weighted by atomic mass is 9.96. The number of hydrogen-bond donors (Lipinski definition) is 1. The third-order valence-corrected chi connectivity index (χ3v) is 5.27. The van der Waals surface area contributed by atoms with E-state index in [9.17, 15) is 18.0 Å². The fourth-order valence-corrected chi connectivity index (χ4v) is 3.62. The number of carbonyl (C=O) groups is 1. The molecule has 0 spiro atoms. The standard InChI is InChI=1S/C22H21F3N4O3/c23-22(24,25)32-18-5-2-1-4-16(18)14-26-21(30)15-9-11-29(12-10-15)20-8-7-17(27-28-20)19-6-3-13-31-19/h1-8,13,15H,9-12,14H2,(H,26,30). The summed E-state index contributed by atoms with van der Waals surface area (Å²) < 4.78 is 47.0. The van der Waals surface area contributed by atoms with Crippen LogP contribution in [0, 0.1) is 5.92 Å². The first-order chi connectivity index (χ1) is 15.4. The van der Waals surface area contributed by atoms with Gasteiger partial charge < -0.3 is 19.4 Å². The minimum Gasteiger partial charge on any atom is -0.463 e.